The number of hydrogen-bond acceptors (Lipinski definition) is 4. The van der Waals surface area contributed by atoms with Crippen LogP contribution in [0.4, 0.5) is 10.1 Å². The summed E-state index contributed by atoms with van der Waals surface area (Å²) in [5.41, 5.74) is 6.01. The Morgan fingerprint density at radius 2 is 1.86 bits per heavy atom. The molecule has 0 fully saturated rings. The first-order valence-corrected chi connectivity index (χ1v) is 8.45. The van der Waals surface area contributed by atoms with Crippen molar-refractivity contribution < 1.29 is 17.9 Å². The van der Waals surface area contributed by atoms with Crippen LogP contribution >= 0.6 is 0 Å². The fraction of sp³-hybridized carbons (Fsp3) is 0.571. The summed E-state index contributed by atoms with van der Waals surface area (Å²) in [4.78, 5) is 0.0526. The van der Waals surface area contributed by atoms with Gasteiger partial charge in [0.25, 0.3) is 0 Å². The first-order chi connectivity index (χ1) is 9.81. The smallest absolute Gasteiger partial charge is 0.241 e. The van der Waals surface area contributed by atoms with Crippen molar-refractivity contribution >= 4 is 15.7 Å². The van der Waals surface area contributed by atoms with Crippen LogP contribution in [0.5, 0.6) is 0 Å². The minimum absolute atomic E-state index is 0.0526. The molecule has 0 unspecified atom stereocenters. The van der Waals surface area contributed by atoms with Gasteiger partial charge in [0, 0.05) is 13.2 Å². The number of aliphatic hydroxyl groups is 1. The van der Waals surface area contributed by atoms with Gasteiger partial charge in [0.15, 0.2) is 0 Å². The first-order valence-electron chi connectivity index (χ1n) is 6.97. The van der Waals surface area contributed by atoms with E-state index < -0.39 is 15.8 Å². The number of nitrogen functional groups attached to an aromatic ring is 1. The van der Waals surface area contributed by atoms with E-state index in [2.05, 4.69) is 4.72 Å². The van der Waals surface area contributed by atoms with E-state index in [1.54, 1.807) is 6.92 Å². The Bertz CT molecular complexity index is 588. The Balaban J connectivity index is 2.78. The van der Waals surface area contributed by atoms with E-state index in [4.69, 9.17) is 10.8 Å². The predicted molar refractivity (Wildman–Crippen MR) is 81.0 cm³/mol. The highest BCUT2D eigenvalue weighted by molar-refractivity contribution is 7.89. The zero-order valence-corrected chi connectivity index (χ0v) is 13.3. The average Bonchev–Trinajstić information content (AvgIpc) is 2.40. The summed E-state index contributed by atoms with van der Waals surface area (Å²) in [7, 11) is -3.70. The van der Waals surface area contributed by atoms with Crippen molar-refractivity contribution in [3.63, 3.8) is 0 Å². The molecule has 7 heteroatoms. The van der Waals surface area contributed by atoms with Gasteiger partial charge in [0.1, 0.15) is 5.82 Å². The number of nitrogens with two attached hydrogens (primary N) is 1. The SMILES string of the molecule is Cc1cc(F)c(N)c(C)c1S(=O)(=O)NCCCCCCO. The minimum Gasteiger partial charge on any atom is -0.396 e. The Hall–Kier alpha value is -1.18. The molecule has 0 atom stereocenters. The zero-order valence-electron chi connectivity index (χ0n) is 12.4. The fourth-order valence-corrected chi connectivity index (χ4v) is 3.77. The number of benzene rings is 1. The third-order valence-corrected chi connectivity index (χ3v) is 5.10. The van der Waals surface area contributed by atoms with E-state index in [0.29, 0.717) is 18.5 Å². The lowest BCUT2D eigenvalue weighted by atomic mass is 10.1. The Morgan fingerprint density at radius 1 is 1.24 bits per heavy atom. The van der Waals surface area contributed by atoms with Gasteiger partial charge in [-0.15, -0.1) is 0 Å². The van der Waals surface area contributed by atoms with Crippen molar-refractivity contribution in [3.05, 3.63) is 23.0 Å². The minimum atomic E-state index is -3.70. The second-order valence-corrected chi connectivity index (χ2v) is 6.78. The summed E-state index contributed by atoms with van der Waals surface area (Å²) in [6, 6.07) is 1.14. The van der Waals surface area contributed by atoms with E-state index in [9.17, 15) is 12.8 Å². The van der Waals surface area contributed by atoms with Gasteiger partial charge in [0.2, 0.25) is 10.0 Å². The molecule has 0 heterocycles. The van der Waals surface area contributed by atoms with Gasteiger partial charge in [-0.1, -0.05) is 12.8 Å². The molecule has 1 aromatic rings. The topological polar surface area (TPSA) is 92.4 Å². The van der Waals surface area contributed by atoms with E-state index in [-0.39, 0.29) is 22.8 Å². The van der Waals surface area contributed by atoms with Crippen LogP contribution in [0.25, 0.3) is 0 Å². The van der Waals surface area contributed by atoms with Crippen molar-refractivity contribution in [2.45, 2.75) is 44.4 Å². The molecular weight excluding hydrogens is 295 g/mol. The molecule has 1 aromatic carbocycles. The maximum Gasteiger partial charge on any atom is 0.241 e. The van der Waals surface area contributed by atoms with Crippen LogP contribution in [0, 0.1) is 19.7 Å². The lowest BCUT2D eigenvalue weighted by molar-refractivity contribution is 0.282. The Kier molecular flexibility index (Phi) is 6.57. The monoisotopic (exact) mass is 318 g/mol. The molecular formula is C14H23FN2O3S. The number of unbranched alkanes of at least 4 members (excludes halogenated alkanes) is 3. The molecule has 0 saturated carbocycles. The van der Waals surface area contributed by atoms with Crippen LogP contribution in [0.1, 0.15) is 36.8 Å². The summed E-state index contributed by atoms with van der Waals surface area (Å²) >= 11 is 0. The highest BCUT2D eigenvalue weighted by Crippen LogP contribution is 2.27. The number of aliphatic hydroxyl groups excluding tert-OH is 1. The molecule has 120 valence electrons. The molecule has 0 aliphatic carbocycles. The number of anilines is 1. The van der Waals surface area contributed by atoms with Crippen LogP contribution < -0.4 is 10.5 Å². The molecule has 0 saturated heterocycles. The average molecular weight is 318 g/mol. The van der Waals surface area contributed by atoms with Crippen LogP contribution in [-0.2, 0) is 10.0 Å². The molecule has 0 aliphatic rings. The van der Waals surface area contributed by atoms with Crippen LogP contribution in [0.15, 0.2) is 11.0 Å². The fourth-order valence-electron chi connectivity index (χ4n) is 2.21. The molecule has 0 amide bonds. The molecule has 0 bridgehead atoms. The quantitative estimate of drug-likeness (QED) is 0.504. The molecule has 1 rings (SSSR count). The number of sulfonamides is 1. The molecule has 0 radical (unpaired) electrons. The van der Waals surface area contributed by atoms with Crippen LogP contribution in [0.3, 0.4) is 0 Å². The summed E-state index contributed by atoms with van der Waals surface area (Å²) in [5, 5.41) is 8.66. The van der Waals surface area contributed by atoms with E-state index in [1.165, 1.54) is 6.92 Å². The van der Waals surface area contributed by atoms with Gasteiger partial charge in [0.05, 0.1) is 10.6 Å². The van der Waals surface area contributed by atoms with Gasteiger partial charge in [-0.3, -0.25) is 0 Å². The Labute approximate surface area is 125 Å². The second kappa shape index (κ2) is 7.72. The summed E-state index contributed by atoms with van der Waals surface area (Å²) in [6.45, 7) is 3.51. The van der Waals surface area contributed by atoms with E-state index >= 15 is 0 Å². The largest absolute Gasteiger partial charge is 0.396 e. The number of rotatable bonds is 8. The highest BCUT2D eigenvalue weighted by Gasteiger charge is 2.22. The van der Waals surface area contributed by atoms with Gasteiger partial charge in [-0.25, -0.2) is 17.5 Å². The number of halogens is 1. The van der Waals surface area contributed by atoms with Gasteiger partial charge in [-0.2, -0.15) is 0 Å². The molecule has 21 heavy (non-hydrogen) atoms. The lowest BCUT2D eigenvalue weighted by Gasteiger charge is -2.14. The summed E-state index contributed by atoms with van der Waals surface area (Å²) < 4.78 is 40.6. The van der Waals surface area contributed by atoms with E-state index in [0.717, 1.165) is 25.3 Å². The summed E-state index contributed by atoms with van der Waals surface area (Å²) in [6.07, 6.45) is 3.11. The Morgan fingerprint density at radius 3 is 2.48 bits per heavy atom. The van der Waals surface area contributed by atoms with Crippen molar-refractivity contribution in [3.8, 4) is 0 Å². The summed E-state index contributed by atoms with van der Waals surface area (Å²) in [5.74, 6) is -0.604. The molecule has 0 spiro atoms. The molecule has 0 aromatic heterocycles. The van der Waals surface area contributed by atoms with Gasteiger partial charge >= 0.3 is 0 Å². The first kappa shape index (κ1) is 17.9. The van der Waals surface area contributed by atoms with Crippen LogP contribution in [-0.4, -0.2) is 26.7 Å². The van der Waals surface area contributed by atoms with Crippen molar-refractivity contribution in [2.75, 3.05) is 18.9 Å². The van der Waals surface area contributed by atoms with Gasteiger partial charge in [-0.05, 0) is 43.9 Å². The second-order valence-electron chi connectivity index (χ2n) is 5.08. The van der Waals surface area contributed by atoms with Crippen molar-refractivity contribution in [1.82, 2.24) is 4.72 Å². The van der Waals surface area contributed by atoms with Crippen molar-refractivity contribution in [1.29, 1.82) is 0 Å². The molecule has 4 N–H and O–H groups in total. The normalized spacial score (nSPS) is 11.8. The van der Waals surface area contributed by atoms with Crippen molar-refractivity contribution in [2.24, 2.45) is 0 Å². The molecule has 0 aliphatic heterocycles. The van der Waals surface area contributed by atoms with E-state index in [1.807, 2.05) is 0 Å². The van der Waals surface area contributed by atoms with Gasteiger partial charge < -0.3 is 10.8 Å². The number of aryl methyl sites for hydroxylation is 1. The lowest BCUT2D eigenvalue weighted by Crippen LogP contribution is -2.26. The standard InChI is InChI=1S/C14H23FN2O3S/c1-10-9-12(15)13(16)11(2)14(10)21(19,20)17-7-5-3-4-6-8-18/h9,17-18H,3-8,16H2,1-2H3. The molecule has 5 nitrogen and oxygen atoms in total. The number of nitrogens with one attached hydrogen (secondary N) is 1. The highest BCUT2D eigenvalue weighted by atomic mass is 32.2. The van der Waals surface area contributed by atoms with Crippen LogP contribution in [0.2, 0.25) is 0 Å². The zero-order chi connectivity index (χ0) is 16.0. The maximum absolute atomic E-state index is 13.5. The maximum atomic E-state index is 13.5. The predicted octanol–water partition coefficient (Wildman–Crippen LogP) is 1.86. The third kappa shape index (κ3) is 4.66. The third-order valence-electron chi connectivity index (χ3n) is 3.35. The number of hydrogen-bond donors (Lipinski definition) is 3.